The number of benzene rings is 2. The van der Waals surface area contributed by atoms with Gasteiger partial charge in [0, 0.05) is 16.4 Å². The Bertz CT molecular complexity index is 1610. The summed E-state index contributed by atoms with van der Waals surface area (Å²) in [6, 6.07) is 18.1. The number of hydrogen-bond donors (Lipinski definition) is 1. The van der Waals surface area contributed by atoms with E-state index in [1.807, 2.05) is 64.9 Å². The average Bonchev–Trinajstić information content (AvgIpc) is 3.70. The van der Waals surface area contributed by atoms with Crippen molar-refractivity contribution in [3.8, 4) is 0 Å². The van der Waals surface area contributed by atoms with E-state index in [2.05, 4.69) is 5.32 Å². The number of nitrogens with one attached hydrogen (secondary N) is 1. The van der Waals surface area contributed by atoms with Gasteiger partial charge < -0.3 is 14.6 Å². The molecule has 1 saturated heterocycles. The number of thiophene rings is 1. The van der Waals surface area contributed by atoms with Crippen LogP contribution in [0.25, 0.3) is 6.08 Å². The van der Waals surface area contributed by atoms with Crippen molar-refractivity contribution in [1.82, 2.24) is 0 Å². The van der Waals surface area contributed by atoms with Crippen LogP contribution < -0.4 is 10.2 Å². The lowest BCUT2D eigenvalue weighted by Gasteiger charge is -2.37. The van der Waals surface area contributed by atoms with Gasteiger partial charge in [-0.15, -0.1) is 11.3 Å². The molecule has 1 fully saturated rings. The van der Waals surface area contributed by atoms with Gasteiger partial charge in [0.2, 0.25) is 11.7 Å². The molecule has 0 unspecified atom stereocenters. The fourth-order valence-electron chi connectivity index (χ4n) is 6.29. The first-order valence-electron chi connectivity index (χ1n) is 11.8. The molecule has 6 nitrogen and oxygen atoms in total. The minimum atomic E-state index is -1.36. The van der Waals surface area contributed by atoms with Crippen LogP contribution >= 0.6 is 22.9 Å². The highest BCUT2D eigenvalue weighted by molar-refractivity contribution is 7.12. The normalized spacial score (nSPS) is 25.1. The van der Waals surface area contributed by atoms with Gasteiger partial charge in [0.05, 0.1) is 23.1 Å². The van der Waals surface area contributed by atoms with Crippen LogP contribution in [0.5, 0.6) is 0 Å². The van der Waals surface area contributed by atoms with E-state index in [1.165, 1.54) is 17.6 Å². The van der Waals surface area contributed by atoms with E-state index in [0.717, 1.165) is 11.3 Å². The number of rotatable bonds is 4. The molecule has 0 bridgehead atoms. The second-order valence-electron chi connectivity index (χ2n) is 9.39. The molecule has 1 spiro atoms. The molecule has 182 valence electrons. The Morgan fingerprint density at radius 3 is 2.68 bits per heavy atom. The molecule has 0 aliphatic carbocycles. The molecule has 0 radical (unpaired) electrons. The van der Waals surface area contributed by atoms with Gasteiger partial charge in [0.15, 0.2) is 11.5 Å². The standard InChI is InChI=1S/C29H19ClN2O4S/c30-17-10-11-20-16(15-17)9-12-23-29(18-5-1-2-6-19(18)31-28(29)35)24(26(33)21-7-3-13-36-21)25(32(20)23)27(34)22-8-4-14-37-22/h1-15,23-25H,(H,31,35)/t23-,24-,25+,29-/m1/s1. The Hall–Kier alpha value is -3.94. The number of ketones is 2. The van der Waals surface area contributed by atoms with Gasteiger partial charge in [-0.2, -0.15) is 0 Å². The summed E-state index contributed by atoms with van der Waals surface area (Å²) in [7, 11) is 0. The Morgan fingerprint density at radius 1 is 1.03 bits per heavy atom. The highest BCUT2D eigenvalue weighted by Crippen LogP contribution is 2.58. The number of carbonyl (C=O) groups excluding carboxylic acids is 3. The number of nitrogens with zero attached hydrogens (tertiary/aromatic N) is 1. The maximum Gasteiger partial charge on any atom is 0.238 e. The zero-order valence-electron chi connectivity index (χ0n) is 19.3. The summed E-state index contributed by atoms with van der Waals surface area (Å²) in [5, 5.41) is 5.40. The lowest BCUT2D eigenvalue weighted by molar-refractivity contribution is -0.121. The van der Waals surface area contributed by atoms with Crippen LogP contribution in [0.1, 0.15) is 31.4 Å². The monoisotopic (exact) mass is 526 g/mol. The van der Waals surface area contributed by atoms with E-state index in [4.69, 9.17) is 16.0 Å². The van der Waals surface area contributed by atoms with Crippen LogP contribution in [0, 0.1) is 5.92 Å². The third kappa shape index (κ3) is 2.95. The summed E-state index contributed by atoms with van der Waals surface area (Å²) in [4.78, 5) is 45.2. The predicted molar refractivity (Wildman–Crippen MR) is 142 cm³/mol. The number of carbonyl (C=O) groups is 3. The van der Waals surface area contributed by atoms with Crippen LogP contribution in [0.3, 0.4) is 0 Å². The molecule has 4 atom stereocenters. The average molecular weight is 527 g/mol. The lowest BCUT2D eigenvalue weighted by atomic mass is 9.64. The third-order valence-electron chi connectivity index (χ3n) is 7.67. The summed E-state index contributed by atoms with van der Waals surface area (Å²) in [5.74, 6) is -1.84. The summed E-state index contributed by atoms with van der Waals surface area (Å²) in [6.07, 6.45) is 5.27. The van der Waals surface area contributed by atoms with Crippen LogP contribution in [0.2, 0.25) is 5.02 Å². The largest absolute Gasteiger partial charge is 0.461 e. The van der Waals surface area contributed by atoms with E-state index in [-0.39, 0.29) is 23.2 Å². The lowest BCUT2D eigenvalue weighted by Crippen LogP contribution is -2.51. The maximum atomic E-state index is 14.3. The molecular formula is C29H19ClN2O4S. The van der Waals surface area contributed by atoms with E-state index in [0.29, 0.717) is 21.2 Å². The second-order valence-corrected chi connectivity index (χ2v) is 10.8. The molecule has 0 saturated carbocycles. The van der Waals surface area contributed by atoms with Crippen molar-refractivity contribution in [2.24, 2.45) is 5.92 Å². The van der Waals surface area contributed by atoms with Crippen molar-refractivity contribution < 1.29 is 18.8 Å². The van der Waals surface area contributed by atoms with Crippen molar-refractivity contribution in [2.75, 3.05) is 10.2 Å². The SMILES string of the molecule is O=C(c1cccs1)[C@@H]1[C@H](C(=O)c2ccco2)[C@]2(C(=O)Nc3ccccc32)[C@H]2C=Cc3cc(Cl)ccc3N12. The molecule has 8 heteroatoms. The van der Waals surface area contributed by atoms with Gasteiger partial charge in [-0.3, -0.25) is 14.4 Å². The van der Waals surface area contributed by atoms with Crippen molar-refractivity contribution >= 4 is 57.9 Å². The highest BCUT2D eigenvalue weighted by atomic mass is 35.5. The number of halogens is 1. The summed E-state index contributed by atoms with van der Waals surface area (Å²) in [5.41, 5.74) is 1.55. The van der Waals surface area contributed by atoms with Crippen LogP contribution in [-0.4, -0.2) is 29.6 Å². The van der Waals surface area contributed by atoms with E-state index in [1.54, 1.807) is 24.3 Å². The number of furan rings is 1. The van der Waals surface area contributed by atoms with Gasteiger partial charge in [-0.1, -0.05) is 48.0 Å². The van der Waals surface area contributed by atoms with E-state index in [9.17, 15) is 14.4 Å². The number of para-hydroxylation sites is 1. The van der Waals surface area contributed by atoms with Gasteiger partial charge in [0.25, 0.3) is 0 Å². The van der Waals surface area contributed by atoms with E-state index < -0.39 is 23.4 Å². The molecule has 1 N–H and O–H groups in total. The summed E-state index contributed by atoms with van der Waals surface area (Å²) < 4.78 is 5.55. The molecular weight excluding hydrogens is 508 g/mol. The first kappa shape index (κ1) is 22.3. The Kier molecular flexibility index (Phi) is 4.83. The molecule has 5 heterocycles. The summed E-state index contributed by atoms with van der Waals surface area (Å²) in [6.45, 7) is 0. The van der Waals surface area contributed by atoms with Crippen LogP contribution in [-0.2, 0) is 10.2 Å². The van der Waals surface area contributed by atoms with Crippen molar-refractivity contribution in [3.05, 3.63) is 111 Å². The molecule has 3 aliphatic rings. The third-order valence-corrected chi connectivity index (χ3v) is 8.79. The highest BCUT2D eigenvalue weighted by Gasteiger charge is 2.70. The first-order valence-corrected chi connectivity index (χ1v) is 13.1. The smallest absolute Gasteiger partial charge is 0.238 e. The zero-order valence-corrected chi connectivity index (χ0v) is 20.8. The zero-order chi connectivity index (χ0) is 25.3. The number of fused-ring (bicyclic) bond motifs is 6. The van der Waals surface area contributed by atoms with Gasteiger partial charge >= 0.3 is 0 Å². The van der Waals surface area contributed by atoms with Gasteiger partial charge in [-0.25, -0.2) is 0 Å². The van der Waals surface area contributed by atoms with Crippen molar-refractivity contribution in [2.45, 2.75) is 17.5 Å². The minimum absolute atomic E-state index is 0.116. The molecule has 3 aliphatic heterocycles. The topological polar surface area (TPSA) is 79.6 Å². The van der Waals surface area contributed by atoms with Crippen molar-refractivity contribution in [3.63, 3.8) is 0 Å². The number of amides is 1. The van der Waals surface area contributed by atoms with Gasteiger partial charge in [0.1, 0.15) is 11.5 Å². The number of Topliss-reactive ketones (excluding diaryl/α,β-unsaturated/α-hetero) is 2. The number of hydrogen-bond acceptors (Lipinski definition) is 6. The Balaban J connectivity index is 1.55. The van der Waals surface area contributed by atoms with Crippen LogP contribution in [0.15, 0.2) is 88.9 Å². The fraction of sp³-hybridized carbons (Fsp3) is 0.138. The fourth-order valence-corrected chi connectivity index (χ4v) is 7.17. The van der Waals surface area contributed by atoms with E-state index >= 15 is 0 Å². The van der Waals surface area contributed by atoms with Crippen molar-refractivity contribution in [1.29, 1.82) is 0 Å². The quantitative estimate of drug-likeness (QED) is 0.337. The molecule has 4 aromatic rings. The Labute approximate surface area is 221 Å². The Morgan fingerprint density at radius 2 is 1.89 bits per heavy atom. The predicted octanol–water partition coefficient (Wildman–Crippen LogP) is 5.85. The molecule has 2 aromatic heterocycles. The minimum Gasteiger partial charge on any atom is -0.461 e. The number of anilines is 2. The molecule has 1 amide bonds. The molecule has 7 rings (SSSR count). The second kappa shape index (κ2) is 8.03. The first-order chi connectivity index (χ1) is 18.0. The molecule has 37 heavy (non-hydrogen) atoms. The van der Waals surface area contributed by atoms with Crippen LogP contribution in [0.4, 0.5) is 11.4 Å². The molecule has 2 aromatic carbocycles. The maximum absolute atomic E-state index is 14.3. The summed E-state index contributed by atoms with van der Waals surface area (Å²) >= 11 is 7.63. The van der Waals surface area contributed by atoms with Gasteiger partial charge in [-0.05, 0) is 59.0 Å².